The molecule has 120 valence electrons. The van der Waals surface area contributed by atoms with Gasteiger partial charge in [0.05, 0.1) is 0 Å². The predicted octanol–water partition coefficient (Wildman–Crippen LogP) is 5.41. The average Bonchev–Trinajstić information content (AvgIpc) is 2.61. The number of rotatable bonds is 7. The van der Waals surface area contributed by atoms with Crippen LogP contribution in [0.4, 0.5) is 0 Å². The summed E-state index contributed by atoms with van der Waals surface area (Å²) >= 11 is 0. The normalized spacial score (nSPS) is 13.1. The fourth-order valence-electron chi connectivity index (χ4n) is 4.66. The molecule has 0 amide bonds. The average molecular weight is 331 g/mol. The fraction of sp³-hybridized carbons (Fsp3) is 0.400. The van der Waals surface area contributed by atoms with Crippen LogP contribution < -0.4 is 10.6 Å². The van der Waals surface area contributed by atoms with E-state index in [1.54, 1.807) is 10.6 Å². The van der Waals surface area contributed by atoms with Gasteiger partial charge in [-0.15, -0.1) is 0 Å². The van der Waals surface area contributed by atoms with Crippen molar-refractivity contribution in [1.29, 1.82) is 0 Å². The van der Waals surface area contributed by atoms with Crippen LogP contribution in [0, 0.1) is 0 Å². The number of benzene rings is 2. The molecule has 0 aliphatic carbocycles. The molecule has 0 aliphatic rings. The number of hydrogen-bond donors (Lipinski definition) is 0. The predicted molar refractivity (Wildman–Crippen MR) is 108 cm³/mol. The van der Waals surface area contributed by atoms with Gasteiger partial charge in [-0.3, -0.25) is 0 Å². The monoisotopic (exact) mass is 330 g/mol. The van der Waals surface area contributed by atoms with Crippen molar-refractivity contribution in [3.63, 3.8) is 0 Å². The molecule has 0 atom stereocenters. The van der Waals surface area contributed by atoms with E-state index >= 15 is 0 Å². The van der Waals surface area contributed by atoms with Crippen molar-refractivity contribution < 1.29 is 0 Å². The van der Waals surface area contributed by atoms with Gasteiger partial charge >= 0.3 is 138 Å². The van der Waals surface area contributed by atoms with Crippen LogP contribution in [0.2, 0.25) is 18.1 Å². The van der Waals surface area contributed by atoms with E-state index in [1.165, 1.54) is 24.3 Å². The summed E-state index contributed by atoms with van der Waals surface area (Å²) in [6.07, 6.45) is 1.34. The van der Waals surface area contributed by atoms with Crippen molar-refractivity contribution in [3.8, 4) is 0 Å². The van der Waals surface area contributed by atoms with Gasteiger partial charge in [-0.05, 0) is 0 Å². The fourth-order valence-corrected chi connectivity index (χ4v) is 25.0. The Hall–Kier alpha value is -0.913. The molecule has 0 saturated carbocycles. The third kappa shape index (κ3) is 2.70. The molecule has 0 aliphatic heterocycles. The van der Waals surface area contributed by atoms with Crippen LogP contribution in [0.5, 0.6) is 0 Å². The van der Waals surface area contributed by atoms with Crippen LogP contribution in [0.1, 0.15) is 27.7 Å². The Bertz CT molecular complexity index is 513. The molecule has 0 heterocycles. The van der Waals surface area contributed by atoms with E-state index in [-0.39, 0.29) is 0 Å². The molecule has 2 aromatic carbocycles. The van der Waals surface area contributed by atoms with Crippen molar-refractivity contribution >= 4 is 25.2 Å². The summed E-state index contributed by atoms with van der Waals surface area (Å²) < 4.78 is 0. The van der Waals surface area contributed by atoms with Gasteiger partial charge in [-0.1, -0.05) is 0 Å². The molecule has 2 aromatic rings. The van der Waals surface area contributed by atoms with Gasteiger partial charge in [0.25, 0.3) is 0 Å². The summed E-state index contributed by atoms with van der Waals surface area (Å²) in [5, 5.41) is 3.34. The second-order valence-electron chi connectivity index (χ2n) is 6.33. The summed E-state index contributed by atoms with van der Waals surface area (Å²) in [6, 6.07) is 27.2. The second-order valence-corrected chi connectivity index (χ2v) is 20.4. The van der Waals surface area contributed by atoms with Crippen LogP contribution in [-0.2, 0) is 0 Å². The Labute approximate surface area is 138 Å². The molecule has 0 bridgehead atoms. The molecular formula is C20H31PSi. The quantitative estimate of drug-likeness (QED) is 0.470. The van der Waals surface area contributed by atoms with Crippen LogP contribution in [0.25, 0.3) is 0 Å². The minimum absolute atomic E-state index is 1.34. The van der Waals surface area contributed by atoms with E-state index in [4.69, 9.17) is 0 Å². The molecule has 2 heteroatoms. The van der Waals surface area contributed by atoms with Crippen molar-refractivity contribution in [2.24, 2.45) is 0 Å². The van der Waals surface area contributed by atoms with Crippen molar-refractivity contribution in [2.45, 2.75) is 45.8 Å². The van der Waals surface area contributed by atoms with Gasteiger partial charge in [0, 0.05) is 0 Å². The molecule has 0 nitrogen and oxygen atoms in total. The van der Waals surface area contributed by atoms with Gasteiger partial charge in [0.1, 0.15) is 0 Å². The SMILES string of the molecule is CC[Si](CC)(CC)[PH](CC)(c1ccccc1)c1ccccc1. The minimum atomic E-state index is -1.66. The van der Waals surface area contributed by atoms with Crippen LogP contribution in [-0.4, -0.2) is 13.9 Å². The van der Waals surface area contributed by atoms with E-state index in [0.29, 0.717) is 0 Å². The van der Waals surface area contributed by atoms with Gasteiger partial charge < -0.3 is 0 Å². The Kier molecular flexibility index (Phi) is 6.00. The molecule has 0 saturated heterocycles. The van der Waals surface area contributed by atoms with Gasteiger partial charge in [0.2, 0.25) is 0 Å². The molecule has 0 radical (unpaired) electrons. The van der Waals surface area contributed by atoms with E-state index in [0.717, 1.165) is 0 Å². The van der Waals surface area contributed by atoms with Crippen molar-refractivity contribution in [1.82, 2.24) is 0 Å². The third-order valence-corrected chi connectivity index (χ3v) is 27.0. The van der Waals surface area contributed by atoms with Crippen molar-refractivity contribution in [2.75, 3.05) is 6.16 Å². The van der Waals surface area contributed by atoms with Crippen LogP contribution in [0.15, 0.2) is 60.7 Å². The van der Waals surface area contributed by atoms with E-state index < -0.39 is 14.6 Å². The van der Waals surface area contributed by atoms with Gasteiger partial charge in [-0.25, -0.2) is 0 Å². The van der Waals surface area contributed by atoms with Crippen LogP contribution >= 0.6 is 6.81 Å². The Balaban J connectivity index is 2.78. The van der Waals surface area contributed by atoms with Gasteiger partial charge in [0.15, 0.2) is 0 Å². The van der Waals surface area contributed by atoms with E-state index in [1.807, 2.05) is 0 Å². The first-order chi connectivity index (χ1) is 10.7. The van der Waals surface area contributed by atoms with E-state index in [9.17, 15) is 0 Å². The van der Waals surface area contributed by atoms with Crippen LogP contribution in [0.3, 0.4) is 0 Å². The zero-order valence-corrected chi connectivity index (χ0v) is 16.6. The molecule has 2 rings (SSSR count). The topological polar surface area (TPSA) is 0 Å². The zero-order valence-electron chi connectivity index (χ0n) is 14.6. The summed E-state index contributed by atoms with van der Waals surface area (Å²) in [5.74, 6) is 0. The summed E-state index contributed by atoms with van der Waals surface area (Å²) in [5.41, 5.74) is 0. The maximum absolute atomic E-state index is 2.46. The summed E-state index contributed by atoms with van der Waals surface area (Å²) in [7, 11) is -1.34. The Morgan fingerprint density at radius 3 is 1.27 bits per heavy atom. The number of hydrogen-bond acceptors (Lipinski definition) is 0. The molecular weight excluding hydrogens is 299 g/mol. The van der Waals surface area contributed by atoms with E-state index in [2.05, 4.69) is 88.4 Å². The first-order valence-corrected chi connectivity index (χ1v) is 14.6. The molecule has 0 unspecified atom stereocenters. The first kappa shape index (κ1) is 17.4. The molecule has 0 aromatic heterocycles. The van der Waals surface area contributed by atoms with Crippen molar-refractivity contribution in [3.05, 3.63) is 60.7 Å². The third-order valence-electron chi connectivity index (χ3n) is 6.00. The standard InChI is InChI=1S/C20H31PSi/c1-5-21(19-15-11-9-12-16-19,20-17-13-10-14-18-20)22(6-2,7-3)8-4/h9-18,21H,5-8H2,1-4H3. The molecule has 0 spiro atoms. The Morgan fingerprint density at radius 1 is 0.636 bits per heavy atom. The molecule has 0 N–H and O–H groups in total. The zero-order chi connectivity index (χ0) is 16.1. The maximum atomic E-state index is 2.46. The Morgan fingerprint density at radius 2 is 1.00 bits per heavy atom. The molecule has 0 fully saturated rings. The van der Waals surface area contributed by atoms with Gasteiger partial charge in [-0.2, -0.15) is 0 Å². The summed E-state index contributed by atoms with van der Waals surface area (Å²) in [6.45, 7) is 8.17. The second kappa shape index (κ2) is 7.57. The summed E-state index contributed by atoms with van der Waals surface area (Å²) in [4.78, 5) is 0. The molecule has 22 heavy (non-hydrogen) atoms. The first-order valence-electron chi connectivity index (χ1n) is 8.81.